The van der Waals surface area contributed by atoms with Gasteiger partial charge in [-0.1, -0.05) is 0 Å². The van der Waals surface area contributed by atoms with Gasteiger partial charge >= 0.3 is 6.03 Å². The highest BCUT2D eigenvalue weighted by atomic mass is 32.2. The second-order valence-electron chi connectivity index (χ2n) is 4.84. The fourth-order valence-corrected chi connectivity index (χ4v) is 2.82. The van der Waals surface area contributed by atoms with Gasteiger partial charge in [0.25, 0.3) is 0 Å². The fourth-order valence-electron chi connectivity index (χ4n) is 1.92. The molecule has 0 bridgehead atoms. The Morgan fingerprint density at radius 3 is 2.75 bits per heavy atom. The molecule has 0 atom stereocenters. The molecule has 0 aromatic heterocycles. The Kier molecular flexibility index (Phi) is 5.11. The number of benzene rings is 1. The number of nitrogens with zero attached hydrogens (tertiary/aromatic N) is 1. The summed E-state index contributed by atoms with van der Waals surface area (Å²) in [6, 6.07) is 3.94. The van der Waals surface area contributed by atoms with Crippen LogP contribution in [0.2, 0.25) is 0 Å². The number of thioether (sulfide) groups is 1. The molecule has 0 aliphatic carbocycles. The highest BCUT2D eigenvalue weighted by Gasteiger charge is 2.18. The lowest BCUT2D eigenvalue weighted by Gasteiger charge is -2.27. The van der Waals surface area contributed by atoms with Gasteiger partial charge < -0.3 is 15.0 Å². The molecular formula is C14H19FN2O2S. The number of carbonyl (C=O) groups excluding carboxylic acids is 1. The quantitative estimate of drug-likeness (QED) is 0.932. The number of halogens is 1. The first-order chi connectivity index (χ1) is 9.56. The molecule has 1 aromatic rings. The lowest BCUT2D eigenvalue weighted by atomic mass is 10.2. The molecule has 0 unspecified atom stereocenters. The fraction of sp³-hybridized carbons (Fsp3) is 0.500. The van der Waals surface area contributed by atoms with Crippen molar-refractivity contribution in [2.24, 2.45) is 0 Å². The number of anilines is 1. The van der Waals surface area contributed by atoms with Gasteiger partial charge in [0, 0.05) is 30.7 Å². The van der Waals surface area contributed by atoms with Crippen LogP contribution in [0, 0.1) is 5.82 Å². The minimum Gasteiger partial charge on any atom is -0.489 e. The maximum absolute atomic E-state index is 13.4. The van der Waals surface area contributed by atoms with Gasteiger partial charge in [0.2, 0.25) is 0 Å². The number of carbonyl (C=O) groups is 1. The van der Waals surface area contributed by atoms with E-state index >= 15 is 0 Å². The maximum atomic E-state index is 13.4. The average molecular weight is 298 g/mol. The van der Waals surface area contributed by atoms with Gasteiger partial charge in [-0.2, -0.15) is 11.8 Å². The summed E-state index contributed by atoms with van der Waals surface area (Å²) in [5.41, 5.74) is 0.377. The van der Waals surface area contributed by atoms with E-state index in [0.29, 0.717) is 24.5 Å². The number of rotatable bonds is 3. The van der Waals surface area contributed by atoms with Crippen LogP contribution in [0.4, 0.5) is 14.9 Å². The summed E-state index contributed by atoms with van der Waals surface area (Å²) in [6.45, 7) is 5.20. The molecule has 1 aromatic carbocycles. The Morgan fingerprint density at radius 2 is 2.10 bits per heavy atom. The van der Waals surface area contributed by atoms with Crippen molar-refractivity contribution in [1.82, 2.24) is 4.90 Å². The molecule has 2 rings (SSSR count). The average Bonchev–Trinajstić information content (AvgIpc) is 2.42. The molecule has 0 radical (unpaired) electrons. The van der Waals surface area contributed by atoms with E-state index in [-0.39, 0.29) is 12.1 Å². The molecule has 110 valence electrons. The molecular weight excluding hydrogens is 279 g/mol. The Labute approximate surface area is 122 Å². The molecule has 1 N–H and O–H groups in total. The van der Waals surface area contributed by atoms with E-state index in [2.05, 4.69) is 5.32 Å². The summed E-state index contributed by atoms with van der Waals surface area (Å²) in [7, 11) is 0. The Morgan fingerprint density at radius 1 is 1.40 bits per heavy atom. The van der Waals surface area contributed by atoms with Crippen molar-refractivity contribution in [1.29, 1.82) is 0 Å². The number of hydrogen-bond donors (Lipinski definition) is 1. The molecule has 4 nitrogen and oxygen atoms in total. The van der Waals surface area contributed by atoms with Crippen LogP contribution < -0.4 is 10.1 Å². The second kappa shape index (κ2) is 6.83. The Bertz CT molecular complexity index is 476. The van der Waals surface area contributed by atoms with Gasteiger partial charge in [-0.05, 0) is 26.0 Å². The molecule has 1 fully saturated rings. The molecule has 20 heavy (non-hydrogen) atoms. The zero-order valence-corrected chi connectivity index (χ0v) is 12.5. The van der Waals surface area contributed by atoms with Gasteiger partial charge in [-0.3, -0.25) is 0 Å². The van der Waals surface area contributed by atoms with Crippen molar-refractivity contribution in [2.75, 3.05) is 29.9 Å². The van der Waals surface area contributed by atoms with Crippen molar-refractivity contribution in [3.8, 4) is 5.75 Å². The highest BCUT2D eigenvalue weighted by Crippen LogP contribution is 2.27. The Hall–Kier alpha value is -1.43. The number of ether oxygens (including phenoxy) is 1. The van der Waals surface area contributed by atoms with E-state index in [0.717, 1.165) is 11.5 Å². The summed E-state index contributed by atoms with van der Waals surface area (Å²) in [5.74, 6) is 1.96. The summed E-state index contributed by atoms with van der Waals surface area (Å²) in [4.78, 5) is 13.9. The predicted octanol–water partition coefficient (Wildman–Crippen LogP) is 3.19. The molecule has 0 saturated carbocycles. The maximum Gasteiger partial charge on any atom is 0.322 e. The summed E-state index contributed by atoms with van der Waals surface area (Å²) >= 11 is 1.83. The first-order valence-electron chi connectivity index (χ1n) is 6.66. The van der Waals surface area contributed by atoms with Crippen molar-refractivity contribution in [2.45, 2.75) is 20.0 Å². The summed E-state index contributed by atoms with van der Waals surface area (Å²) in [5, 5.41) is 2.74. The molecule has 6 heteroatoms. The standard InChI is InChI=1S/C14H19FN2O2S/c1-10(2)19-13-4-3-11(15)9-12(13)16-14(18)17-5-7-20-8-6-17/h3-4,9-10H,5-8H2,1-2H3,(H,16,18). The monoisotopic (exact) mass is 298 g/mol. The minimum absolute atomic E-state index is 0.0394. The summed E-state index contributed by atoms with van der Waals surface area (Å²) < 4.78 is 18.9. The van der Waals surface area contributed by atoms with Crippen LogP contribution in [0.15, 0.2) is 18.2 Å². The number of amides is 2. The van der Waals surface area contributed by atoms with Crippen molar-refractivity contribution >= 4 is 23.5 Å². The van der Waals surface area contributed by atoms with E-state index in [9.17, 15) is 9.18 Å². The zero-order valence-electron chi connectivity index (χ0n) is 11.7. The normalized spacial score (nSPS) is 15.3. The largest absolute Gasteiger partial charge is 0.489 e. The topological polar surface area (TPSA) is 41.6 Å². The van der Waals surface area contributed by atoms with E-state index in [1.165, 1.54) is 18.2 Å². The van der Waals surface area contributed by atoms with Crippen LogP contribution >= 0.6 is 11.8 Å². The van der Waals surface area contributed by atoms with Crippen molar-refractivity contribution < 1.29 is 13.9 Å². The van der Waals surface area contributed by atoms with Gasteiger partial charge in [0.05, 0.1) is 11.8 Å². The van der Waals surface area contributed by atoms with E-state index in [4.69, 9.17) is 4.74 Å². The number of urea groups is 1. The Balaban J connectivity index is 2.10. The van der Waals surface area contributed by atoms with Crippen LogP contribution in [0.5, 0.6) is 5.75 Å². The van der Waals surface area contributed by atoms with Gasteiger partial charge in [-0.15, -0.1) is 0 Å². The van der Waals surface area contributed by atoms with Crippen LogP contribution in [0.3, 0.4) is 0 Å². The number of nitrogens with one attached hydrogen (secondary N) is 1. The molecule has 2 amide bonds. The third kappa shape index (κ3) is 4.03. The van der Waals surface area contributed by atoms with E-state index in [1.54, 1.807) is 4.90 Å². The smallest absolute Gasteiger partial charge is 0.322 e. The molecule has 1 aliphatic rings. The van der Waals surface area contributed by atoms with Crippen LogP contribution in [0.25, 0.3) is 0 Å². The van der Waals surface area contributed by atoms with E-state index in [1.807, 2.05) is 25.6 Å². The molecule has 1 saturated heterocycles. The molecule has 1 aliphatic heterocycles. The third-order valence-electron chi connectivity index (χ3n) is 2.84. The lowest BCUT2D eigenvalue weighted by Crippen LogP contribution is -2.40. The molecule has 1 heterocycles. The van der Waals surface area contributed by atoms with Gasteiger partial charge in [0.15, 0.2) is 0 Å². The molecule has 0 spiro atoms. The number of hydrogen-bond acceptors (Lipinski definition) is 3. The second-order valence-corrected chi connectivity index (χ2v) is 6.06. The zero-order chi connectivity index (χ0) is 14.5. The van der Waals surface area contributed by atoms with Gasteiger partial charge in [-0.25, -0.2) is 9.18 Å². The highest BCUT2D eigenvalue weighted by molar-refractivity contribution is 7.99. The minimum atomic E-state index is -0.398. The van der Waals surface area contributed by atoms with Gasteiger partial charge in [0.1, 0.15) is 11.6 Å². The van der Waals surface area contributed by atoms with Crippen molar-refractivity contribution in [3.05, 3.63) is 24.0 Å². The third-order valence-corrected chi connectivity index (χ3v) is 3.79. The van der Waals surface area contributed by atoms with Crippen molar-refractivity contribution in [3.63, 3.8) is 0 Å². The first kappa shape index (κ1) is 15.0. The lowest BCUT2D eigenvalue weighted by molar-refractivity contribution is 0.216. The van der Waals surface area contributed by atoms with Crippen LogP contribution in [0.1, 0.15) is 13.8 Å². The predicted molar refractivity (Wildman–Crippen MR) is 80.1 cm³/mol. The first-order valence-corrected chi connectivity index (χ1v) is 7.81. The SMILES string of the molecule is CC(C)Oc1ccc(F)cc1NC(=O)N1CCSCC1. The van der Waals surface area contributed by atoms with E-state index < -0.39 is 5.82 Å². The van der Waals surface area contributed by atoms with Crippen LogP contribution in [-0.2, 0) is 0 Å². The van der Waals surface area contributed by atoms with Crippen LogP contribution in [-0.4, -0.2) is 41.6 Å². The summed E-state index contributed by atoms with van der Waals surface area (Å²) in [6.07, 6.45) is -0.0394.